The quantitative estimate of drug-likeness (QED) is 0.780. The zero-order chi connectivity index (χ0) is 11.3. The molecule has 0 N–H and O–H groups in total. The molecule has 0 aromatic heterocycles. The van der Waals surface area contributed by atoms with E-state index in [1.165, 1.54) is 18.4 Å². The predicted octanol–water partition coefficient (Wildman–Crippen LogP) is 4.33. The summed E-state index contributed by atoms with van der Waals surface area (Å²) in [5, 5.41) is 0.840. The fourth-order valence-electron chi connectivity index (χ4n) is 1.45. The largest absolute Gasteiger partial charge is 0.302 e. The van der Waals surface area contributed by atoms with E-state index in [0.29, 0.717) is 0 Å². The second-order valence-corrected chi connectivity index (χ2v) is 5.15. The maximum atomic E-state index is 6.15. The van der Waals surface area contributed by atoms with Gasteiger partial charge < -0.3 is 4.90 Å². The Morgan fingerprint density at radius 3 is 2.73 bits per heavy atom. The van der Waals surface area contributed by atoms with Crippen LogP contribution in [0.15, 0.2) is 22.7 Å². The number of rotatable bonds is 5. The second-order valence-electron chi connectivity index (χ2n) is 3.83. The summed E-state index contributed by atoms with van der Waals surface area (Å²) in [5.74, 6) is 0. The van der Waals surface area contributed by atoms with Gasteiger partial charge in [-0.15, -0.1) is 0 Å². The van der Waals surface area contributed by atoms with Crippen molar-refractivity contribution in [3.8, 4) is 0 Å². The normalized spacial score (nSPS) is 11.0. The zero-order valence-corrected chi connectivity index (χ0v) is 11.6. The standard InChI is InChI=1S/C12H17BrClN/c1-3-4-7-15(2)9-10-5-6-11(13)8-12(10)14/h5-6,8H,3-4,7,9H2,1-2H3. The van der Waals surface area contributed by atoms with E-state index in [1.54, 1.807) is 0 Å². The summed E-state index contributed by atoms with van der Waals surface area (Å²) < 4.78 is 1.03. The summed E-state index contributed by atoms with van der Waals surface area (Å²) >= 11 is 9.56. The number of benzene rings is 1. The Morgan fingerprint density at radius 2 is 2.13 bits per heavy atom. The monoisotopic (exact) mass is 289 g/mol. The van der Waals surface area contributed by atoms with Crippen molar-refractivity contribution >= 4 is 27.5 Å². The summed E-state index contributed by atoms with van der Waals surface area (Å²) in [5.41, 5.74) is 1.19. The molecule has 1 aromatic rings. The summed E-state index contributed by atoms with van der Waals surface area (Å²) in [7, 11) is 2.13. The first-order valence-electron chi connectivity index (χ1n) is 5.26. The molecule has 0 spiro atoms. The van der Waals surface area contributed by atoms with Gasteiger partial charge >= 0.3 is 0 Å². The minimum Gasteiger partial charge on any atom is -0.302 e. The molecule has 1 nitrogen and oxygen atoms in total. The minimum absolute atomic E-state index is 0.840. The number of unbranched alkanes of at least 4 members (excludes halogenated alkanes) is 1. The van der Waals surface area contributed by atoms with Crippen LogP contribution in [-0.2, 0) is 6.54 Å². The molecule has 0 unspecified atom stereocenters. The van der Waals surface area contributed by atoms with E-state index in [9.17, 15) is 0 Å². The Labute approximate surface area is 106 Å². The number of nitrogens with zero attached hydrogens (tertiary/aromatic N) is 1. The highest BCUT2D eigenvalue weighted by molar-refractivity contribution is 9.10. The Hall–Kier alpha value is -0.0500. The first-order chi connectivity index (χ1) is 7.13. The Morgan fingerprint density at radius 1 is 1.40 bits per heavy atom. The maximum Gasteiger partial charge on any atom is 0.0462 e. The Bertz CT molecular complexity index is 314. The minimum atomic E-state index is 0.840. The first-order valence-corrected chi connectivity index (χ1v) is 6.43. The molecule has 0 amide bonds. The first kappa shape index (κ1) is 13.0. The van der Waals surface area contributed by atoms with E-state index >= 15 is 0 Å². The molecule has 1 rings (SSSR count). The molecule has 0 atom stereocenters. The van der Waals surface area contributed by atoms with E-state index < -0.39 is 0 Å². The molecule has 0 fully saturated rings. The highest BCUT2D eigenvalue weighted by atomic mass is 79.9. The van der Waals surface area contributed by atoms with Crippen molar-refractivity contribution in [2.45, 2.75) is 26.3 Å². The molecular weight excluding hydrogens is 273 g/mol. The highest BCUT2D eigenvalue weighted by Crippen LogP contribution is 2.22. The van der Waals surface area contributed by atoms with Gasteiger partial charge in [-0.2, -0.15) is 0 Å². The van der Waals surface area contributed by atoms with Crippen molar-refractivity contribution in [2.24, 2.45) is 0 Å². The van der Waals surface area contributed by atoms with Gasteiger partial charge in [-0.3, -0.25) is 0 Å². The van der Waals surface area contributed by atoms with E-state index in [-0.39, 0.29) is 0 Å². The third kappa shape index (κ3) is 4.54. The van der Waals surface area contributed by atoms with Crippen LogP contribution in [0.25, 0.3) is 0 Å². The maximum absolute atomic E-state index is 6.15. The van der Waals surface area contributed by atoms with Gasteiger partial charge in [0.1, 0.15) is 0 Å². The third-order valence-corrected chi connectivity index (χ3v) is 3.19. The van der Waals surface area contributed by atoms with Crippen molar-refractivity contribution in [3.63, 3.8) is 0 Å². The van der Waals surface area contributed by atoms with Crippen molar-refractivity contribution < 1.29 is 0 Å². The van der Waals surface area contributed by atoms with Gasteiger partial charge in [0.25, 0.3) is 0 Å². The molecule has 0 saturated heterocycles. The summed E-state index contributed by atoms with van der Waals surface area (Å²) in [6, 6.07) is 6.06. The molecule has 0 saturated carbocycles. The molecule has 0 aliphatic heterocycles. The Balaban J connectivity index is 2.56. The van der Waals surface area contributed by atoms with Crippen LogP contribution in [0.1, 0.15) is 25.3 Å². The molecule has 0 bridgehead atoms. The SMILES string of the molecule is CCCCN(C)Cc1ccc(Br)cc1Cl. The second kappa shape index (κ2) is 6.51. The lowest BCUT2D eigenvalue weighted by molar-refractivity contribution is 0.321. The van der Waals surface area contributed by atoms with E-state index in [1.807, 2.05) is 12.1 Å². The molecule has 0 aliphatic carbocycles. The molecule has 84 valence electrons. The van der Waals surface area contributed by atoms with Crippen LogP contribution in [0.4, 0.5) is 0 Å². The van der Waals surface area contributed by atoms with Crippen molar-refractivity contribution in [1.29, 1.82) is 0 Å². The van der Waals surface area contributed by atoms with Gasteiger partial charge in [-0.25, -0.2) is 0 Å². The van der Waals surface area contributed by atoms with Crippen LogP contribution in [0.3, 0.4) is 0 Å². The van der Waals surface area contributed by atoms with Crippen LogP contribution in [0.2, 0.25) is 5.02 Å². The van der Waals surface area contributed by atoms with Crippen LogP contribution in [0.5, 0.6) is 0 Å². The van der Waals surface area contributed by atoms with Gasteiger partial charge in [0.15, 0.2) is 0 Å². The van der Waals surface area contributed by atoms with Gasteiger partial charge in [0.05, 0.1) is 0 Å². The fourth-order valence-corrected chi connectivity index (χ4v) is 2.18. The molecule has 1 aromatic carbocycles. The van der Waals surface area contributed by atoms with Gasteiger partial charge in [0, 0.05) is 16.0 Å². The van der Waals surface area contributed by atoms with Crippen LogP contribution < -0.4 is 0 Å². The smallest absolute Gasteiger partial charge is 0.0462 e. The zero-order valence-electron chi connectivity index (χ0n) is 9.26. The van der Waals surface area contributed by atoms with Crippen molar-refractivity contribution in [3.05, 3.63) is 33.3 Å². The predicted molar refractivity (Wildman–Crippen MR) is 70.4 cm³/mol. The molecule has 3 heteroatoms. The number of hydrogen-bond donors (Lipinski definition) is 0. The average Bonchev–Trinajstić information content (AvgIpc) is 2.19. The van der Waals surface area contributed by atoms with Crippen molar-refractivity contribution in [1.82, 2.24) is 4.90 Å². The van der Waals surface area contributed by atoms with Gasteiger partial charge in [0.2, 0.25) is 0 Å². The Kier molecular flexibility index (Phi) is 5.65. The molecule has 15 heavy (non-hydrogen) atoms. The molecule has 0 radical (unpaired) electrons. The highest BCUT2D eigenvalue weighted by Gasteiger charge is 2.04. The summed E-state index contributed by atoms with van der Waals surface area (Å²) in [6.45, 7) is 4.26. The van der Waals surface area contributed by atoms with Crippen molar-refractivity contribution in [2.75, 3.05) is 13.6 Å². The van der Waals surface area contributed by atoms with E-state index in [2.05, 4.69) is 40.9 Å². The lowest BCUT2D eigenvalue weighted by Gasteiger charge is -2.17. The van der Waals surface area contributed by atoms with Crippen LogP contribution >= 0.6 is 27.5 Å². The van der Waals surface area contributed by atoms with E-state index in [4.69, 9.17) is 11.6 Å². The van der Waals surface area contributed by atoms with Gasteiger partial charge in [-0.1, -0.05) is 46.9 Å². The van der Waals surface area contributed by atoms with Crippen LogP contribution in [-0.4, -0.2) is 18.5 Å². The molecule has 0 aliphatic rings. The fraction of sp³-hybridized carbons (Fsp3) is 0.500. The van der Waals surface area contributed by atoms with Crippen LogP contribution in [0, 0.1) is 0 Å². The van der Waals surface area contributed by atoms with E-state index in [0.717, 1.165) is 22.6 Å². The lowest BCUT2D eigenvalue weighted by Crippen LogP contribution is -2.19. The topological polar surface area (TPSA) is 3.24 Å². The number of hydrogen-bond acceptors (Lipinski definition) is 1. The average molecular weight is 291 g/mol. The number of halogens is 2. The summed E-state index contributed by atoms with van der Waals surface area (Å²) in [4.78, 5) is 2.30. The molecular formula is C12H17BrClN. The van der Waals surface area contributed by atoms with Gasteiger partial charge in [-0.05, 0) is 37.7 Å². The lowest BCUT2D eigenvalue weighted by atomic mass is 10.2. The third-order valence-electron chi connectivity index (χ3n) is 2.35. The molecule has 0 heterocycles. The summed E-state index contributed by atoms with van der Waals surface area (Å²) in [6.07, 6.45) is 2.48.